The summed E-state index contributed by atoms with van der Waals surface area (Å²) >= 11 is 0. The second-order valence-electron chi connectivity index (χ2n) is 9.32. The van der Waals surface area contributed by atoms with Gasteiger partial charge < -0.3 is 25.4 Å². The number of aromatic nitrogens is 2. The molecule has 2 aromatic rings. The SMILES string of the molecule is O=C(N[C@@H](CCN(CCCCc1ccc2c(n1)NCCC2)C1CC1)C(=O)O)OCc1ccncc1. The molecule has 3 N–H and O–H groups in total. The van der Waals surface area contributed by atoms with E-state index in [2.05, 4.69) is 32.7 Å². The van der Waals surface area contributed by atoms with Gasteiger partial charge in [0.25, 0.3) is 0 Å². The largest absolute Gasteiger partial charge is 0.480 e. The van der Waals surface area contributed by atoms with Crippen LogP contribution in [0.4, 0.5) is 10.6 Å². The molecule has 0 bridgehead atoms. The maximum Gasteiger partial charge on any atom is 0.408 e. The number of carbonyl (C=O) groups excluding carboxylic acids is 1. The maximum atomic E-state index is 12.1. The number of aliphatic carboxylic acids is 1. The molecule has 9 heteroatoms. The average molecular weight is 482 g/mol. The molecule has 2 aliphatic rings. The first-order valence-corrected chi connectivity index (χ1v) is 12.6. The van der Waals surface area contributed by atoms with Crippen molar-refractivity contribution in [3.63, 3.8) is 0 Å². The van der Waals surface area contributed by atoms with E-state index in [1.165, 1.54) is 5.56 Å². The molecule has 1 atom stereocenters. The summed E-state index contributed by atoms with van der Waals surface area (Å²) in [5.74, 6) is -0.00595. The molecule has 1 amide bonds. The number of alkyl carbamates (subject to hydrolysis) is 1. The van der Waals surface area contributed by atoms with E-state index in [4.69, 9.17) is 9.72 Å². The van der Waals surface area contributed by atoms with E-state index in [9.17, 15) is 14.7 Å². The number of anilines is 1. The summed E-state index contributed by atoms with van der Waals surface area (Å²) in [5.41, 5.74) is 3.23. The normalized spacial score (nSPS) is 15.7. The highest BCUT2D eigenvalue weighted by Gasteiger charge is 2.30. The molecule has 4 rings (SSSR count). The quantitative estimate of drug-likeness (QED) is 0.373. The van der Waals surface area contributed by atoms with Crippen LogP contribution in [0, 0.1) is 0 Å². The minimum Gasteiger partial charge on any atom is -0.480 e. The number of pyridine rings is 2. The molecule has 1 aliphatic carbocycles. The molecule has 2 aromatic heterocycles. The highest BCUT2D eigenvalue weighted by molar-refractivity contribution is 5.79. The van der Waals surface area contributed by atoms with E-state index in [0.717, 1.165) is 75.1 Å². The third-order valence-electron chi connectivity index (χ3n) is 6.56. The number of aryl methyl sites for hydroxylation is 2. The number of carboxylic acid groups (broad SMARTS) is 1. The zero-order valence-electron chi connectivity index (χ0n) is 20.1. The third kappa shape index (κ3) is 7.92. The lowest BCUT2D eigenvalue weighted by atomic mass is 10.1. The Morgan fingerprint density at radius 1 is 1.17 bits per heavy atom. The second-order valence-corrected chi connectivity index (χ2v) is 9.32. The first-order chi connectivity index (χ1) is 17.1. The van der Waals surface area contributed by atoms with E-state index in [1.807, 2.05) is 0 Å². The molecule has 0 saturated heterocycles. The van der Waals surface area contributed by atoms with Gasteiger partial charge in [-0.1, -0.05) is 6.07 Å². The molecule has 0 radical (unpaired) electrons. The number of hydrogen-bond donors (Lipinski definition) is 3. The van der Waals surface area contributed by atoms with Crippen molar-refractivity contribution in [3.8, 4) is 0 Å². The van der Waals surface area contributed by atoms with Gasteiger partial charge in [0.2, 0.25) is 0 Å². The number of hydrogen-bond acceptors (Lipinski definition) is 7. The van der Waals surface area contributed by atoms with E-state index in [1.54, 1.807) is 24.5 Å². The summed E-state index contributed by atoms with van der Waals surface area (Å²) in [6, 6.07) is 7.37. The van der Waals surface area contributed by atoms with Crippen molar-refractivity contribution in [1.82, 2.24) is 20.2 Å². The van der Waals surface area contributed by atoms with E-state index in [0.29, 0.717) is 19.0 Å². The van der Waals surface area contributed by atoms with Gasteiger partial charge in [-0.25, -0.2) is 14.6 Å². The number of unbranched alkanes of at least 4 members (excludes halogenated alkanes) is 1. The molecule has 1 fully saturated rings. The fraction of sp³-hybridized carbons (Fsp3) is 0.538. The van der Waals surface area contributed by atoms with Crippen LogP contribution in [0.25, 0.3) is 0 Å². The first-order valence-electron chi connectivity index (χ1n) is 12.6. The smallest absolute Gasteiger partial charge is 0.408 e. The molecule has 188 valence electrons. The van der Waals surface area contributed by atoms with Gasteiger partial charge >= 0.3 is 12.1 Å². The van der Waals surface area contributed by atoms with Crippen molar-refractivity contribution in [1.29, 1.82) is 0 Å². The molecule has 35 heavy (non-hydrogen) atoms. The number of fused-ring (bicyclic) bond motifs is 1. The Kier molecular flexibility index (Phi) is 8.89. The Bertz CT molecular complexity index is 983. The van der Waals surface area contributed by atoms with Gasteiger partial charge in [0.1, 0.15) is 18.5 Å². The van der Waals surface area contributed by atoms with Crippen LogP contribution >= 0.6 is 0 Å². The highest BCUT2D eigenvalue weighted by atomic mass is 16.5. The molecule has 1 saturated carbocycles. The summed E-state index contributed by atoms with van der Waals surface area (Å²) in [7, 11) is 0. The lowest BCUT2D eigenvalue weighted by Crippen LogP contribution is -2.43. The van der Waals surface area contributed by atoms with Crippen LogP contribution < -0.4 is 10.6 Å². The number of ether oxygens (including phenoxy) is 1. The summed E-state index contributed by atoms with van der Waals surface area (Å²) in [5, 5.41) is 15.5. The van der Waals surface area contributed by atoms with Crippen molar-refractivity contribution >= 4 is 17.9 Å². The highest BCUT2D eigenvalue weighted by Crippen LogP contribution is 2.27. The van der Waals surface area contributed by atoms with Crippen molar-refractivity contribution in [3.05, 3.63) is 53.5 Å². The topological polar surface area (TPSA) is 117 Å². The molecule has 3 heterocycles. The zero-order valence-corrected chi connectivity index (χ0v) is 20.1. The Morgan fingerprint density at radius 2 is 2.00 bits per heavy atom. The summed E-state index contributed by atoms with van der Waals surface area (Å²) < 4.78 is 5.17. The maximum absolute atomic E-state index is 12.1. The zero-order chi connectivity index (χ0) is 24.5. The number of rotatable bonds is 13. The van der Waals surface area contributed by atoms with E-state index >= 15 is 0 Å². The fourth-order valence-corrected chi connectivity index (χ4v) is 4.41. The molecule has 0 aromatic carbocycles. The predicted molar refractivity (Wildman–Crippen MR) is 132 cm³/mol. The Hall–Kier alpha value is -3.20. The minimum atomic E-state index is -1.05. The third-order valence-corrected chi connectivity index (χ3v) is 6.56. The second kappa shape index (κ2) is 12.5. The lowest BCUT2D eigenvalue weighted by molar-refractivity contribution is -0.139. The van der Waals surface area contributed by atoms with Crippen molar-refractivity contribution < 1.29 is 19.4 Å². The van der Waals surface area contributed by atoms with Crippen LogP contribution in [0.3, 0.4) is 0 Å². The van der Waals surface area contributed by atoms with Crippen LogP contribution in [0.15, 0.2) is 36.7 Å². The molecule has 0 spiro atoms. The van der Waals surface area contributed by atoms with Crippen molar-refractivity contribution in [2.75, 3.05) is 25.0 Å². The van der Waals surface area contributed by atoms with E-state index < -0.39 is 18.1 Å². The average Bonchev–Trinajstić information content (AvgIpc) is 3.72. The van der Waals surface area contributed by atoms with Gasteiger partial charge in [-0.2, -0.15) is 0 Å². The Balaban J connectivity index is 1.18. The monoisotopic (exact) mass is 481 g/mol. The molecular weight excluding hydrogens is 446 g/mol. The lowest BCUT2D eigenvalue weighted by Gasteiger charge is -2.24. The summed E-state index contributed by atoms with van der Waals surface area (Å²) in [4.78, 5) is 34.9. The van der Waals surface area contributed by atoms with Crippen LogP contribution in [-0.2, 0) is 29.0 Å². The van der Waals surface area contributed by atoms with Crippen LogP contribution in [0.2, 0.25) is 0 Å². The van der Waals surface area contributed by atoms with Gasteiger partial charge in [0.15, 0.2) is 0 Å². The van der Waals surface area contributed by atoms with Gasteiger partial charge in [-0.3, -0.25) is 4.98 Å². The van der Waals surface area contributed by atoms with Crippen molar-refractivity contribution in [2.45, 2.75) is 70.1 Å². The minimum absolute atomic E-state index is 0.0734. The standard InChI is InChI=1S/C26H35N5O4/c32-25(33)23(30-26(34)35-18-19-10-14-27-15-11-19)12-17-31(22-8-9-22)16-2-1-5-21-7-6-20-4-3-13-28-24(20)29-21/h6-7,10-11,14-15,22-23H,1-5,8-9,12-13,16-18H2,(H,28,29)(H,30,34)(H,32,33)/t23-/m0/s1. The van der Waals surface area contributed by atoms with Gasteiger partial charge in [0, 0.05) is 37.2 Å². The Morgan fingerprint density at radius 3 is 2.77 bits per heavy atom. The predicted octanol–water partition coefficient (Wildman–Crippen LogP) is 3.39. The molecular formula is C26H35N5O4. The number of carboxylic acids is 1. The van der Waals surface area contributed by atoms with Crippen molar-refractivity contribution in [2.24, 2.45) is 0 Å². The number of amides is 1. The van der Waals surface area contributed by atoms with Crippen LogP contribution in [0.1, 0.15) is 55.3 Å². The van der Waals surface area contributed by atoms with Gasteiger partial charge in [-0.05, 0) is 87.2 Å². The van der Waals surface area contributed by atoms with Gasteiger partial charge in [0.05, 0.1) is 0 Å². The molecule has 1 aliphatic heterocycles. The number of nitrogens with zero attached hydrogens (tertiary/aromatic N) is 3. The fourth-order valence-electron chi connectivity index (χ4n) is 4.41. The van der Waals surface area contributed by atoms with E-state index in [-0.39, 0.29) is 6.61 Å². The molecule has 0 unspecified atom stereocenters. The van der Waals surface area contributed by atoms with Gasteiger partial charge in [-0.15, -0.1) is 0 Å². The number of nitrogens with one attached hydrogen (secondary N) is 2. The van der Waals surface area contributed by atoms with Crippen LogP contribution in [-0.4, -0.2) is 63.8 Å². The Labute approximate surface area is 206 Å². The number of carbonyl (C=O) groups is 2. The summed E-state index contributed by atoms with van der Waals surface area (Å²) in [6.45, 7) is 2.62. The summed E-state index contributed by atoms with van der Waals surface area (Å²) in [6.07, 6.45) is 10.4. The first kappa shape index (κ1) is 24.9. The molecule has 9 nitrogen and oxygen atoms in total. The van der Waals surface area contributed by atoms with Crippen LogP contribution in [0.5, 0.6) is 0 Å².